The number of nitrogens with zero attached hydrogens (tertiary/aromatic N) is 2. The van der Waals surface area contributed by atoms with Crippen molar-refractivity contribution in [1.29, 1.82) is 0 Å². The minimum atomic E-state index is -4.65. The number of sulfonamides is 1. The second kappa shape index (κ2) is 9.71. The van der Waals surface area contributed by atoms with Crippen LogP contribution in [0.2, 0.25) is 0 Å². The molecule has 33 heavy (non-hydrogen) atoms. The van der Waals surface area contributed by atoms with E-state index in [0.717, 1.165) is 18.2 Å². The fraction of sp³-hybridized carbons (Fsp3) is 0.286. The van der Waals surface area contributed by atoms with E-state index in [9.17, 15) is 36.5 Å². The maximum atomic E-state index is 12.9. The molecule has 2 aromatic rings. The SMILES string of the molecule is O=C(/C=C/c1ccc([N+](=O)[O-])cc1)N1CCC(NS(=O)(=O)c2cccc(C(F)(F)F)c2)CC1. The van der Waals surface area contributed by atoms with Gasteiger partial charge >= 0.3 is 6.18 Å². The van der Waals surface area contributed by atoms with Crippen molar-refractivity contribution in [3.8, 4) is 0 Å². The lowest BCUT2D eigenvalue weighted by Crippen LogP contribution is -2.46. The number of nitro groups is 1. The number of hydrogen-bond acceptors (Lipinski definition) is 5. The quantitative estimate of drug-likeness (QED) is 0.384. The molecule has 1 amide bonds. The number of piperidine rings is 1. The van der Waals surface area contributed by atoms with Gasteiger partial charge in [-0.05, 0) is 54.8 Å². The van der Waals surface area contributed by atoms with Crippen LogP contribution in [-0.2, 0) is 21.0 Å². The van der Waals surface area contributed by atoms with Gasteiger partial charge in [-0.2, -0.15) is 13.2 Å². The summed E-state index contributed by atoms with van der Waals surface area (Å²) in [6.07, 6.45) is -1.20. The first-order valence-corrected chi connectivity index (χ1v) is 11.3. The minimum Gasteiger partial charge on any atom is -0.339 e. The first-order chi connectivity index (χ1) is 15.5. The molecule has 1 fully saturated rings. The Morgan fingerprint density at radius 2 is 1.76 bits per heavy atom. The average Bonchev–Trinajstić information content (AvgIpc) is 2.77. The van der Waals surface area contributed by atoms with Crippen molar-refractivity contribution in [1.82, 2.24) is 9.62 Å². The van der Waals surface area contributed by atoms with Crippen molar-refractivity contribution >= 4 is 27.7 Å². The smallest absolute Gasteiger partial charge is 0.339 e. The third kappa shape index (κ3) is 6.39. The summed E-state index contributed by atoms with van der Waals surface area (Å²) in [6.45, 7) is 0.526. The van der Waals surface area contributed by atoms with Crippen LogP contribution < -0.4 is 4.72 Å². The van der Waals surface area contributed by atoms with Crippen molar-refractivity contribution in [3.05, 3.63) is 75.8 Å². The summed E-state index contributed by atoms with van der Waals surface area (Å²) in [6, 6.07) is 8.67. The number of nitrogens with one attached hydrogen (secondary N) is 1. The molecule has 0 aromatic heterocycles. The van der Waals surface area contributed by atoms with Crippen LogP contribution in [0.3, 0.4) is 0 Å². The van der Waals surface area contributed by atoms with Gasteiger partial charge in [-0.1, -0.05) is 6.07 Å². The molecule has 3 rings (SSSR count). The molecule has 2 aromatic carbocycles. The third-order valence-corrected chi connectivity index (χ3v) is 6.64. The van der Waals surface area contributed by atoms with Crippen molar-refractivity contribution in [2.75, 3.05) is 13.1 Å². The lowest BCUT2D eigenvalue weighted by atomic mass is 10.1. The number of carbonyl (C=O) groups excluding carboxylic acids is 1. The molecular formula is C21H20F3N3O5S. The van der Waals surface area contributed by atoms with Crippen LogP contribution in [0.5, 0.6) is 0 Å². The second-order valence-electron chi connectivity index (χ2n) is 7.43. The molecule has 1 saturated heterocycles. The van der Waals surface area contributed by atoms with Crippen LogP contribution >= 0.6 is 0 Å². The van der Waals surface area contributed by atoms with Crippen LogP contribution in [0.4, 0.5) is 18.9 Å². The number of halogens is 3. The Balaban J connectivity index is 1.56. The van der Waals surface area contributed by atoms with E-state index in [1.54, 1.807) is 0 Å². The van der Waals surface area contributed by atoms with Gasteiger partial charge in [0.25, 0.3) is 5.69 Å². The highest BCUT2D eigenvalue weighted by atomic mass is 32.2. The highest BCUT2D eigenvalue weighted by Crippen LogP contribution is 2.30. The number of rotatable bonds is 6. The van der Waals surface area contributed by atoms with Gasteiger partial charge in [0.2, 0.25) is 15.9 Å². The molecule has 0 saturated carbocycles. The maximum Gasteiger partial charge on any atom is 0.416 e. The zero-order valence-electron chi connectivity index (χ0n) is 17.2. The van der Waals surface area contributed by atoms with Gasteiger partial charge in [0.05, 0.1) is 15.4 Å². The monoisotopic (exact) mass is 483 g/mol. The van der Waals surface area contributed by atoms with Crippen LogP contribution in [-0.4, -0.2) is 43.3 Å². The Morgan fingerprint density at radius 3 is 2.33 bits per heavy atom. The predicted octanol–water partition coefficient (Wildman–Crippen LogP) is 3.60. The summed E-state index contributed by atoms with van der Waals surface area (Å²) >= 11 is 0. The zero-order chi connectivity index (χ0) is 24.2. The molecule has 0 aliphatic carbocycles. The Bertz CT molecular complexity index is 1160. The van der Waals surface area contributed by atoms with Gasteiger partial charge in [-0.25, -0.2) is 13.1 Å². The van der Waals surface area contributed by atoms with E-state index in [2.05, 4.69) is 4.72 Å². The fourth-order valence-corrected chi connectivity index (χ4v) is 4.68. The summed E-state index contributed by atoms with van der Waals surface area (Å²) < 4.78 is 66.0. The Morgan fingerprint density at radius 1 is 1.12 bits per heavy atom. The normalized spacial score (nSPS) is 15.7. The average molecular weight is 483 g/mol. The molecule has 0 bridgehead atoms. The number of amides is 1. The van der Waals surface area contributed by atoms with Crippen molar-refractivity contribution in [3.63, 3.8) is 0 Å². The van der Waals surface area contributed by atoms with Crippen molar-refractivity contribution in [2.45, 2.75) is 30.0 Å². The molecule has 0 atom stereocenters. The number of carbonyl (C=O) groups is 1. The molecule has 176 valence electrons. The van der Waals surface area contributed by atoms with Gasteiger partial charge in [0.1, 0.15) is 0 Å². The zero-order valence-corrected chi connectivity index (χ0v) is 18.0. The molecule has 0 spiro atoms. The number of nitro benzene ring substituents is 1. The Hall–Kier alpha value is -3.25. The molecule has 8 nitrogen and oxygen atoms in total. The van der Waals surface area contributed by atoms with Gasteiger partial charge in [-0.15, -0.1) is 0 Å². The summed E-state index contributed by atoms with van der Waals surface area (Å²) in [5.41, 5.74) is -0.503. The predicted molar refractivity (Wildman–Crippen MR) is 113 cm³/mol. The van der Waals surface area contributed by atoms with Gasteiger partial charge in [0.15, 0.2) is 0 Å². The molecule has 1 aliphatic rings. The summed E-state index contributed by atoms with van der Waals surface area (Å²) in [5.74, 6) is -0.299. The summed E-state index contributed by atoms with van der Waals surface area (Å²) in [5, 5.41) is 10.7. The van der Waals surface area contributed by atoms with E-state index in [1.165, 1.54) is 41.3 Å². The summed E-state index contributed by atoms with van der Waals surface area (Å²) in [4.78, 5) is 23.6. The van der Waals surface area contributed by atoms with Gasteiger partial charge in [-0.3, -0.25) is 14.9 Å². The molecule has 0 unspecified atom stereocenters. The van der Waals surface area contributed by atoms with Crippen LogP contribution in [0, 0.1) is 10.1 Å². The first kappa shape index (κ1) is 24.4. The third-order valence-electron chi connectivity index (χ3n) is 5.12. The molecule has 12 heteroatoms. The number of benzene rings is 2. The molecule has 0 radical (unpaired) electrons. The maximum absolute atomic E-state index is 12.9. The Labute approximate surface area is 187 Å². The highest BCUT2D eigenvalue weighted by molar-refractivity contribution is 7.89. The summed E-state index contributed by atoms with van der Waals surface area (Å²) in [7, 11) is -4.15. The highest BCUT2D eigenvalue weighted by Gasteiger charge is 2.32. The lowest BCUT2D eigenvalue weighted by molar-refractivity contribution is -0.384. The van der Waals surface area contributed by atoms with Crippen LogP contribution in [0.1, 0.15) is 24.0 Å². The number of hydrogen-bond donors (Lipinski definition) is 1. The topological polar surface area (TPSA) is 110 Å². The van der Waals surface area contributed by atoms with Gasteiger partial charge in [0, 0.05) is 37.3 Å². The molecule has 1 N–H and O–H groups in total. The lowest BCUT2D eigenvalue weighted by Gasteiger charge is -2.31. The van der Waals surface area contributed by atoms with E-state index >= 15 is 0 Å². The van der Waals surface area contributed by atoms with Crippen molar-refractivity contribution in [2.24, 2.45) is 0 Å². The van der Waals surface area contributed by atoms with E-state index < -0.39 is 37.6 Å². The molecule has 1 heterocycles. The van der Waals surface area contributed by atoms with Crippen LogP contribution in [0.25, 0.3) is 6.08 Å². The van der Waals surface area contributed by atoms with Crippen LogP contribution in [0.15, 0.2) is 59.5 Å². The van der Waals surface area contributed by atoms with E-state index in [-0.39, 0.29) is 24.7 Å². The minimum absolute atomic E-state index is 0.0619. The fourth-order valence-electron chi connectivity index (χ4n) is 3.32. The Kier molecular flexibility index (Phi) is 7.18. The molecular weight excluding hydrogens is 463 g/mol. The first-order valence-electron chi connectivity index (χ1n) is 9.87. The standard InChI is InChI=1S/C21H20F3N3O5S/c22-21(23,24)16-2-1-3-19(14-16)33(31,32)25-17-10-12-26(13-11-17)20(28)9-6-15-4-7-18(8-5-15)27(29)30/h1-9,14,17,25H,10-13H2/b9-6+. The second-order valence-corrected chi connectivity index (χ2v) is 9.14. The number of alkyl halides is 3. The van der Waals surface area contributed by atoms with E-state index in [0.29, 0.717) is 24.5 Å². The molecule has 1 aliphatic heterocycles. The largest absolute Gasteiger partial charge is 0.416 e. The van der Waals surface area contributed by atoms with Crippen molar-refractivity contribution < 1.29 is 31.3 Å². The van der Waals surface area contributed by atoms with E-state index in [4.69, 9.17) is 0 Å². The van der Waals surface area contributed by atoms with E-state index in [1.807, 2.05) is 0 Å². The van der Waals surface area contributed by atoms with Gasteiger partial charge < -0.3 is 4.90 Å². The number of non-ortho nitro benzene ring substituents is 1. The number of likely N-dealkylation sites (tertiary alicyclic amines) is 1.